The number of anilines is 1. The number of nitrogens with one attached hydrogen (secondary N) is 1. The third kappa shape index (κ3) is 2.62. The molecule has 6 nitrogen and oxygen atoms in total. The molecule has 89 valence electrons. The SMILES string of the molecule is Cc1nc([B]OC=N)cc(-c2ccncc2N)n1. The molecule has 2 aromatic heterocycles. The molecule has 0 atom stereocenters. The van der Waals surface area contributed by atoms with Gasteiger partial charge in [-0.25, -0.2) is 9.97 Å². The van der Waals surface area contributed by atoms with Crippen LogP contribution in [0.5, 0.6) is 0 Å². The first-order chi connectivity index (χ1) is 8.70. The zero-order valence-corrected chi connectivity index (χ0v) is 9.79. The van der Waals surface area contributed by atoms with Crippen molar-refractivity contribution in [1.82, 2.24) is 15.0 Å². The van der Waals surface area contributed by atoms with Crippen molar-refractivity contribution in [2.24, 2.45) is 0 Å². The highest BCUT2D eigenvalue weighted by Crippen LogP contribution is 2.21. The number of hydrogen-bond donors (Lipinski definition) is 2. The van der Waals surface area contributed by atoms with E-state index in [2.05, 4.69) is 15.0 Å². The van der Waals surface area contributed by atoms with Crippen molar-refractivity contribution in [2.75, 3.05) is 5.73 Å². The lowest BCUT2D eigenvalue weighted by molar-refractivity contribution is 0.621. The fraction of sp³-hybridized carbons (Fsp3) is 0.0909. The molecule has 2 heterocycles. The lowest BCUT2D eigenvalue weighted by Gasteiger charge is -2.06. The van der Waals surface area contributed by atoms with Gasteiger partial charge in [-0.1, -0.05) is 0 Å². The van der Waals surface area contributed by atoms with Gasteiger partial charge in [0.25, 0.3) is 0 Å². The maximum absolute atomic E-state index is 6.81. The molecule has 7 heteroatoms. The largest absolute Gasteiger partial charge is 0.549 e. The van der Waals surface area contributed by atoms with Crippen LogP contribution in [0.4, 0.5) is 5.69 Å². The number of aryl methyl sites for hydroxylation is 1. The summed E-state index contributed by atoms with van der Waals surface area (Å²) in [7, 11) is 1.38. The number of nitrogen functional groups attached to an aromatic ring is 1. The van der Waals surface area contributed by atoms with Gasteiger partial charge in [0.2, 0.25) is 0 Å². The molecule has 0 aromatic carbocycles. The molecule has 0 fully saturated rings. The van der Waals surface area contributed by atoms with Gasteiger partial charge >= 0.3 is 7.48 Å². The summed E-state index contributed by atoms with van der Waals surface area (Å²) in [6, 6.07) is 3.53. The van der Waals surface area contributed by atoms with Gasteiger partial charge < -0.3 is 10.4 Å². The van der Waals surface area contributed by atoms with Crippen molar-refractivity contribution < 1.29 is 4.65 Å². The predicted octanol–water partition coefficient (Wildman–Crippen LogP) is 0.297. The third-order valence-corrected chi connectivity index (χ3v) is 2.24. The van der Waals surface area contributed by atoms with Crippen LogP contribution in [0.25, 0.3) is 11.3 Å². The fourth-order valence-corrected chi connectivity index (χ4v) is 1.53. The van der Waals surface area contributed by atoms with Gasteiger partial charge in [0.05, 0.1) is 23.2 Å². The van der Waals surface area contributed by atoms with Gasteiger partial charge in [-0.2, -0.15) is 0 Å². The Labute approximate surface area is 105 Å². The maximum atomic E-state index is 6.81. The second kappa shape index (κ2) is 5.26. The maximum Gasteiger partial charge on any atom is 0.430 e. The molecule has 0 aliphatic heterocycles. The van der Waals surface area contributed by atoms with Crippen molar-refractivity contribution >= 4 is 25.2 Å². The zero-order valence-electron chi connectivity index (χ0n) is 9.79. The number of nitrogens with zero attached hydrogens (tertiary/aromatic N) is 3. The lowest BCUT2D eigenvalue weighted by atomic mass is 9.93. The molecular formula is C11H11BN5O. The Bertz CT molecular complexity index is 575. The molecule has 2 rings (SSSR count). The van der Waals surface area contributed by atoms with Gasteiger partial charge in [-0.05, 0) is 19.1 Å². The first kappa shape index (κ1) is 12.0. The van der Waals surface area contributed by atoms with Crippen molar-refractivity contribution in [3.63, 3.8) is 0 Å². The summed E-state index contributed by atoms with van der Waals surface area (Å²) in [6.07, 6.45) is 4.06. The van der Waals surface area contributed by atoms with Crippen molar-refractivity contribution in [3.8, 4) is 11.3 Å². The molecule has 1 radical (unpaired) electrons. The quantitative estimate of drug-likeness (QED) is 0.455. The van der Waals surface area contributed by atoms with Crippen LogP contribution in [0.3, 0.4) is 0 Å². The molecule has 0 saturated heterocycles. The zero-order chi connectivity index (χ0) is 13.0. The van der Waals surface area contributed by atoms with Crippen LogP contribution in [-0.2, 0) is 4.65 Å². The first-order valence-corrected chi connectivity index (χ1v) is 5.24. The average Bonchev–Trinajstić information content (AvgIpc) is 2.36. The van der Waals surface area contributed by atoms with E-state index in [9.17, 15) is 0 Å². The smallest absolute Gasteiger partial charge is 0.430 e. The Morgan fingerprint density at radius 3 is 3.00 bits per heavy atom. The van der Waals surface area contributed by atoms with E-state index in [0.29, 0.717) is 22.8 Å². The van der Waals surface area contributed by atoms with E-state index in [4.69, 9.17) is 15.8 Å². The molecule has 18 heavy (non-hydrogen) atoms. The number of rotatable bonds is 4. The molecule has 0 aliphatic rings. The topological polar surface area (TPSA) is 97.8 Å². The normalized spacial score (nSPS) is 9.83. The van der Waals surface area contributed by atoms with E-state index in [1.54, 1.807) is 31.5 Å². The van der Waals surface area contributed by atoms with Crippen LogP contribution in [0.1, 0.15) is 5.82 Å². The first-order valence-electron chi connectivity index (χ1n) is 5.24. The highest BCUT2D eigenvalue weighted by molar-refractivity contribution is 6.47. The second-order valence-electron chi connectivity index (χ2n) is 3.56. The minimum absolute atomic E-state index is 0.550. The van der Waals surface area contributed by atoms with Gasteiger partial charge in [0.1, 0.15) is 12.2 Å². The number of hydrogen-bond acceptors (Lipinski definition) is 6. The molecule has 0 spiro atoms. The van der Waals surface area contributed by atoms with Gasteiger partial charge in [-0.3, -0.25) is 10.4 Å². The average molecular weight is 240 g/mol. The lowest BCUT2D eigenvalue weighted by Crippen LogP contribution is -2.22. The van der Waals surface area contributed by atoms with E-state index in [1.165, 1.54) is 7.48 Å². The summed E-state index contributed by atoms with van der Waals surface area (Å²) in [5.41, 5.74) is 8.47. The van der Waals surface area contributed by atoms with E-state index >= 15 is 0 Å². The predicted molar refractivity (Wildman–Crippen MR) is 69.7 cm³/mol. The molecule has 0 amide bonds. The van der Waals surface area contributed by atoms with E-state index in [-0.39, 0.29) is 0 Å². The molecule has 0 aliphatic carbocycles. The third-order valence-electron chi connectivity index (χ3n) is 2.24. The Hall–Kier alpha value is -2.44. The van der Waals surface area contributed by atoms with Crippen LogP contribution >= 0.6 is 0 Å². The Morgan fingerprint density at radius 1 is 1.44 bits per heavy atom. The second-order valence-corrected chi connectivity index (χ2v) is 3.56. The summed E-state index contributed by atoms with van der Waals surface area (Å²) < 4.78 is 4.78. The van der Waals surface area contributed by atoms with Gasteiger partial charge in [0.15, 0.2) is 0 Å². The number of pyridine rings is 1. The van der Waals surface area contributed by atoms with Gasteiger partial charge in [0, 0.05) is 11.8 Å². The highest BCUT2D eigenvalue weighted by atomic mass is 16.4. The van der Waals surface area contributed by atoms with Gasteiger partial charge in [-0.15, -0.1) is 0 Å². The van der Waals surface area contributed by atoms with Crippen LogP contribution in [-0.4, -0.2) is 28.8 Å². The molecule has 0 bridgehead atoms. The van der Waals surface area contributed by atoms with Crippen LogP contribution in [0.15, 0.2) is 24.5 Å². The van der Waals surface area contributed by atoms with Crippen molar-refractivity contribution in [1.29, 1.82) is 5.41 Å². The number of aromatic nitrogens is 3. The number of nitrogens with two attached hydrogens (primary N) is 1. The summed E-state index contributed by atoms with van der Waals surface area (Å²) in [4.78, 5) is 12.4. The minimum atomic E-state index is 0.550. The molecule has 0 unspecified atom stereocenters. The van der Waals surface area contributed by atoms with Crippen LogP contribution in [0, 0.1) is 12.3 Å². The standard InChI is InChI=1S/C11H11BN5O/c1-7-16-10(4-11(17-7)12-18-6-13)8-2-3-15-5-9(8)14/h2-6,13H,14H2,1H3. The van der Waals surface area contributed by atoms with Crippen molar-refractivity contribution in [2.45, 2.75) is 6.92 Å². The van der Waals surface area contributed by atoms with E-state index in [0.717, 1.165) is 12.0 Å². The Morgan fingerprint density at radius 2 is 2.28 bits per heavy atom. The van der Waals surface area contributed by atoms with Crippen molar-refractivity contribution in [3.05, 3.63) is 30.4 Å². The minimum Gasteiger partial charge on any atom is -0.549 e. The summed E-state index contributed by atoms with van der Waals surface area (Å²) in [6.45, 7) is 1.78. The molecular weight excluding hydrogens is 229 g/mol. The summed E-state index contributed by atoms with van der Waals surface area (Å²) in [5.74, 6) is 0.601. The van der Waals surface area contributed by atoms with Crippen LogP contribution in [0.2, 0.25) is 0 Å². The summed E-state index contributed by atoms with van der Waals surface area (Å²) >= 11 is 0. The van der Waals surface area contributed by atoms with Crippen LogP contribution < -0.4 is 11.3 Å². The Kier molecular flexibility index (Phi) is 3.52. The molecule has 2 aromatic rings. The highest BCUT2D eigenvalue weighted by Gasteiger charge is 2.09. The summed E-state index contributed by atoms with van der Waals surface area (Å²) in [5, 5.41) is 6.81. The molecule has 3 N–H and O–H groups in total. The fourth-order valence-electron chi connectivity index (χ4n) is 1.53. The monoisotopic (exact) mass is 240 g/mol. The molecule has 0 saturated carbocycles. The van der Waals surface area contributed by atoms with E-state index in [1.807, 2.05) is 0 Å². The van der Waals surface area contributed by atoms with E-state index < -0.39 is 0 Å². The Balaban J connectivity index is 2.42.